The summed E-state index contributed by atoms with van der Waals surface area (Å²) < 4.78 is 0. The van der Waals surface area contributed by atoms with Crippen LogP contribution in [0.3, 0.4) is 0 Å². The fraction of sp³-hybridized carbons (Fsp3) is 0.263. The lowest BCUT2D eigenvalue weighted by Gasteiger charge is -2.22. The lowest BCUT2D eigenvalue weighted by atomic mass is 9.89. The number of nitrogens with one attached hydrogen (secondary N) is 1. The summed E-state index contributed by atoms with van der Waals surface area (Å²) in [5, 5.41) is 11.8. The Labute approximate surface area is 173 Å². The molecule has 0 aliphatic carbocycles. The summed E-state index contributed by atoms with van der Waals surface area (Å²) in [6.45, 7) is 5.33. The van der Waals surface area contributed by atoms with Gasteiger partial charge in [0.2, 0.25) is 5.91 Å². The zero-order chi connectivity index (χ0) is 20.9. The summed E-state index contributed by atoms with van der Waals surface area (Å²) in [4.78, 5) is 18.4. The van der Waals surface area contributed by atoms with Crippen LogP contribution in [0, 0.1) is 17.8 Å². The number of halogens is 2. The van der Waals surface area contributed by atoms with Crippen LogP contribution >= 0.6 is 23.2 Å². The molecule has 3 N–H and O–H groups in total. The number of carbonyl (C=O) groups is 1. The van der Waals surface area contributed by atoms with Crippen LogP contribution in [0.2, 0.25) is 10.0 Å². The van der Waals surface area contributed by atoms with Crippen LogP contribution in [0.5, 0.6) is 0 Å². The zero-order valence-electron chi connectivity index (χ0n) is 15.7. The molecule has 0 radical (unpaired) electrons. The zero-order valence-corrected chi connectivity index (χ0v) is 17.2. The van der Waals surface area contributed by atoms with E-state index < -0.39 is 11.3 Å². The first kappa shape index (κ1) is 21.5. The maximum absolute atomic E-state index is 12.8. The van der Waals surface area contributed by atoms with Crippen molar-refractivity contribution in [2.75, 3.05) is 0 Å². The molecule has 2 aromatic rings. The van der Waals surface area contributed by atoms with E-state index in [9.17, 15) is 4.79 Å². The Balaban J connectivity index is 2.26. The molecule has 7 nitrogen and oxygen atoms in total. The Bertz CT molecular complexity index is 971. The number of hydrogen-bond donors (Lipinski definition) is 2. The molecule has 0 saturated heterocycles. The highest BCUT2D eigenvalue weighted by molar-refractivity contribution is 6.35. The molecule has 2 rings (SSSR count). The Morgan fingerprint density at radius 3 is 2.54 bits per heavy atom. The van der Waals surface area contributed by atoms with Crippen LogP contribution in [-0.2, 0) is 11.3 Å². The number of terminal acetylenes is 1. The third kappa shape index (κ3) is 4.71. The molecule has 0 aliphatic heterocycles. The number of nitrogens with two attached hydrogens (primary N) is 1. The molecule has 1 amide bonds. The van der Waals surface area contributed by atoms with E-state index in [0.29, 0.717) is 21.4 Å². The maximum Gasteiger partial charge on any atom is 0.245 e. The molecule has 1 atom stereocenters. The van der Waals surface area contributed by atoms with Gasteiger partial charge in [-0.3, -0.25) is 4.79 Å². The molecule has 1 aromatic carbocycles. The number of aromatic nitrogens is 3. The van der Waals surface area contributed by atoms with Crippen LogP contribution in [0.4, 0.5) is 0 Å². The first-order chi connectivity index (χ1) is 13.2. The van der Waals surface area contributed by atoms with Gasteiger partial charge in [0.15, 0.2) is 11.2 Å². The van der Waals surface area contributed by atoms with Gasteiger partial charge in [0.1, 0.15) is 5.84 Å². The van der Waals surface area contributed by atoms with Crippen molar-refractivity contribution in [3.05, 3.63) is 51.8 Å². The Hall–Kier alpha value is -2.82. The number of hydrogen-bond acceptors (Lipinski definition) is 4. The standard InChI is InChI=1S/C19H20Cl2N6O/c1-5-19(4,17(22)26-16(12(2)3)27-24-8-9-25-27)18(28)23-11-13-6-7-14(20)10-15(13)21/h1,6-10H,11H2,2-4H3,(H2,22,26)(H,23,28). The molecule has 146 valence electrons. The highest BCUT2D eigenvalue weighted by atomic mass is 35.5. The number of carbonyl (C=O) groups excluding carboxylic acids is 1. The van der Waals surface area contributed by atoms with E-state index in [4.69, 9.17) is 35.4 Å². The van der Waals surface area contributed by atoms with Crippen molar-refractivity contribution in [1.82, 2.24) is 20.3 Å². The van der Waals surface area contributed by atoms with E-state index in [0.717, 1.165) is 5.57 Å². The minimum absolute atomic E-state index is 0.0526. The van der Waals surface area contributed by atoms with E-state index in [1.54, 1.807) is 18.2 Å². The highest BCUT2D eigenvalue weighted by Crippen LogP contribution is 2.22. The predicted molar refractivity (Wildman–Crippen MR) is 111 cm³/mol. The van der Waals surface area contributed by atoms with Crippen molar-refractivity contribution >= 4 is 40.8 Å². The average molecular weight is 419 g/mol. The number of aliphatic imine (C=N–C) groups is 1. The van der Waals surface area contributed by atoms with Crippen molar-refractivity contribution in [1.29, 1.82) is 0 Å². The molecule has 0 saturated carbocycles. The van der Waals surface area contributed by atoms with Crippen LogP contribution in [0.1, 0.15) is 26.3 Å². The maximum atomic E-state index is 12.8. The molecule has 28 heavy (non-hydrogen) atoms. The van der Waals surface area contributed by atoms with E-state index in [-0.39, 0.29) is 12.4 Å². The largest absolute Gasteiger partial charge is 0.385 e. The van der Waals surface area contributed by atoms with Crippen LogP contribution in [-0.4, -0.2) is 26.7 Å². The second kappa shape index (κ2) is 8.91. The molecular weight excluding hydrogens is 399 g/mol. The number of rotatable bonds is 6. The minimum Gasteiger partial charge on any atom is -0.385 e. The van der Waals surface area contributed by atoms with Crippen LogP contribution < -0.4 is 11.1 Å². The van der Waals surface area contributed by atoms with Gasteiger partial charge in [-0.2, -0.15) is 10.2 Å². The molecule has 0 aliphatic rings. The van der Waals surface area contributed by atoms with Crippen molar-refractivity contribution in [3.8, 4) is 12.3 Å². The van der Waals surface area contributed by atoms with Gasteiger partial charge in [-0.25, -0.2) is 4.99 Å². The predicted octanol–water partition coefficient (Wildman–Crippen LogP) is 3.11. The second-order valence-corrected chi connectivity index (χ2v) is 7.17. The van der Waals surface area contributed by atoms with Gasteiger partial charge in [-0.05, 0) is 44.0 Å². The van der Waals surface area contributed by atoms with Gasteiger partial charge in [-0.15, -0.1) is 11.2 Å². The van der Waals surface area contributed by atoms with Crippen molar-refractivity contribution < 1.29 is 4.79 Å². The minimum atomic E-state index is -1.48. The van der Waals surface area contributed by atoms with E-state index in [1.807, 2.05) is 13.8 Å². The molecule has 9 heteroatoms. The molecule has 1 unspecified atom stereocenters. The third-order valence-corrected chi connectivity index (χ3v) is 4.58. The van der Waals surface area contributed by atoms with Crippen molar-refractivity contribution in [2.24, 2.45) is 16.1 Å². The molecular formula is C19H20Cl2N6O. The summed E-state index contributed by atoms with van der Waals surface area (Å²) >= 11 is 12.0. The van der Waals surface area contributed by atoms with Gasteiger partial charge in [0.25, 0.3) is 0 Å². The second-order valence-electron chi connectivity index (χ2n) is 6.33. The third-order valence-electron chi connectivity index (χ3n) is 3.99. The monoisotopic (exact) mass is 418 g/mol. The van der Waals surface area contributed by atoms with E-state index >= 15 is 0 Å². The van der Waals surface area contributed by atoms with Gasteiger partial charge in [0, 0.05) is 16.6 Å². The fourth-order valence-corrected chi connectivity index (χ4v) is 2.66. The number of nitrogens with zero attached hydrogens (tertiary/aromatic N) is 4. The smallest absolute Gasteiger partial charge is 0.245 e. The van der Waals surface area contributed by atoms with Gasteiger partial charge in [0.05, 0.1) is 12.4 Å². The molecule has 1 heterocycles. The Morgan fingerprint density at radius 1 is 1.36 bits per heavy atom. The van der Waals surface area contributed by atoms with Crippen LogP contribution in [0.15, 0.2) is 41.2 Å². The molecule has 1 aromatic heterocycles. The summed E-state index contributed by atoms with van der Waals surface area (Å²) in [5.74, 6) is 2.28. The molecule has 0 fully saturated rings. The number of benzene rings is 1. The molecule has 0 spiro atoms. The lowest BCUT2D eigenvalue weighted by Crippen LogP contribution is -2.47. The van der Waals surface area contributed by atoms with Crippen molar-refractivity contribution in [3.63, 3.8) is 0 Å². The number of allylic oxidation sites excluding steroid dienone is 1. The van der Waals surface area contributed by atoms with Gasteiger partial charge >= 0.3 is 0 Å². The quantitative estimate of drug-likeness (QED) is 0.427. The van der Waals surface area contributed by atoms with Gasteiger partial charge < -0.3 is 11.1 Å². The molecule has 0 bridgehead atoms. The first-order valence-corrected chi connectivity index (χ1v) is 9.03. The average Bonchev–Trinajstić information content (AvgIpc) is 3.18. The number of amidine groups is 1. The van der Waals surface area contributed by atoms with Crippen molar-refractivity contribution in [2.45, 2.75) is 27.3 Å². The normalized spacial score (nSPS) is 13.4. The van der Waals surface area contributed by atoms with E-state index in [2.05, 4.69) is 26.4 Å². The SMILES string of the molecule is C#CC(C)(C(=O)NCc1ccc(Cl)cc1Cl)/C(N)=N\C(=C(C)C)n1nccn1. The Kier molecular flexibility index (Phi) is 6.84. The van der Waals surface area contributed by atoms with Crippen LogP contribution in [0.25, 0.3) is 5.82 Å². The number of amides is 1. The fourth-order valence-electron chi connectivity index (χ4n) is 2.18. The summed E-state index contributed by atoms with van der Waals surface area (Å²) in [6.07, 6.45) is 8.65. The summed E-state index contributed by atoms with van der Waals surface area (Å²) in [5.41, 5.74) is 6.14. The van der Waals surface area contributed by atoms with E-state index in [1.165, 1.54) is 24.1 Å². The summed E-state index contributed by atoms with van der Waals surface area (Å²) in [6, 6.07) is 5.00. The van der Waals surface area contributed by atoms with Gasteiger partial charge in [-0.1, -0.05) is 35.2 Å². The lowest BCUT2D eigenvalue weighted by molar-refractivity contribution is -0.125. The Morgan fingerprint density at radius 2 is 2.00 bits per heavy atom. The summed E-state index contributed by atoms with van der Waals surface area (Å²) in [7, 11) is 0. The topological polar surface area (TPSA) is 98.2 Å². The highest BCUT2D eigenvalue weighted by Gasteiger charge is 2.36. The first-order valence-electron chi connectivity index (χ1n) is 8.28.